The second-order valence-corrected chi connectivity index (χ2v) is 4.16. The third-order valence-electron chi connectivity index (χ3n) is 2.89. The van der Waals surface area contributed by atoms with E-state index >= 15 is 0 Å². The van der Waals surface area contributed by atoms with Crippen molar-refractivity contribution in [1.29, 1.82) is 0 Å². The number of aromatic nitrogens is 2. The van der Waals surface area contributed by atoms with E-state index in [-0.39, 0.29) is 12.4 Å². The Morgan fingerprint density at radius 1 is 1.21 bits per heavy atom. The molecule has 0 aliphatic rings. The molecule has 0 unspecified atom stereocenters. The molecule has 0 saturated carbocycles. The van der Waals surface area contributed by atoms with Crippen molar-refractivity contribution >= 4 is 5.97 Å². The van der Waals surface area contributed by atoms with E-state index in [4.69, 9.17) is 0 Å². The molecule has 98 valence electrons. The Kier molecular flexibility index (Phi) is 4.23. The largest absolute Gasteiger partial charge is 0.469 e. The van der Waals surface area contributed by atoms with Gasteiger partial charge in [0.2, 0.25) is 0 Å². The number of benzene rings is 1. The first-order valence-corrected chi connectivity index (χ1v) is 6.21. The van der Waals surface area contributed by atoms with Crippen LogP contribution < -0.4 is 0 Å². The molecule has 0 fully saturated rings. The van der Waals surface area contributed by atoms with Crippen LogP contribution >= 0.6 is 0 Å². The lowest BCUT2D eigenvalue weighted by Gasteiger charge is -2.04. The van der Waals surface area contributed by atoms with Gasteiger partial charge in [-0.1, -0.05) is 31.2 Å². The van der Waals surface area contributed by atoms with Gasteiger partial charge >= 0.3 is 5.97 Å². The van der Waals surface area contributed by atoms with E-state index in [1.165, 1.54) is 12.7 Å². The van der Waals surface area contributed by atoms with Gasteiger partial charge in [-0.3, -0.25) is 4.79 Å². The number of rotatable bonds is 4. The van der Waals surface area contributed by atoms with Crippen LogP contribution in [-0.4, -0.2) is 23.0 Å². The zero-order valence-electron chi connectivity index (χ0n) is 11.1. The second-order valence-electron chi connectivity index (χ2n) is 4.16. The number of hydrogen-bond acceptors (Lipinski definition) is 4. The minimum absolute atomic E-state index is 0.0946. The summed E-state index contributed by atoms with van der Waals surface area (Å²) in [7, 11) is 1.36. The maximum absolute atomic E-state index is 11.2. The molecule has 1 heterocycles. The Hall–Kier alpha value is -2.23. The van der Waals surface area contributed by atoms with Crippen LogP contribution in [-0.2, 0) is 22.4 Å². The highest BCUT2D eigenvalue weighted by Gasteiger charge is 2.07. The lowest BCUT2D eigenvalue weighted by Crippen LogP contribution is -2.08. The van der Waals surface area contributed by atoms with Gasteiger partial charge in [-0.25, -0.2) is 9.97 Å². The summed E-state index contributed by atoms with van der Waals surface area (Å²) in [6.07, 6.45) is 2.77. The van der Waals surface area contributed by atoms with Crippen LogP contribution in [0.5, 0.6) is 0 Å². The predicted molar refractivity (Wildman–Crippen MR) is 72.6 cm³/mol. The van der Waals surface area contributed by atoms with Crippen molar-refractivity contribution in [3.05, 3.63) is 47.9 Å². The summed E-state index contributed by atoms with van der Waals surface area (Å²) in [6, 6.07) is 10.1. The smallest absolute Gasteiger partial charge is 0.313 e. The SMILES string of the molecule is CCc1ccc(-c2ccnc(CC(=O)OC)n2)cc1. The monoisotopic (exact) mass is 256 g/mol. The summed E-state index contributed by atoms with van der Waals surface area (Å²) in [5.41, 5.74) is 3.12. The van der Waals surface area contributed by atoms with E-state index in [9.17, 15) is 4.79 Å². The maximum atomic E-state index is 11.2. The zero-order chi connectivity index (χ0) is 13.7. The highest BCUT2D eigenvalue weighted by Crippen LogP contribution is 2.17. The molecule has 0 spiro atoms. The molecule has 4 heteroatoms. The van der Waals surface area contributed by atoms with Crippen molar-refractivity contribution in [2.45, 2.75) is 19.8 Å². The van der Waals surface area contributed by atoms with Gasteiger partial charge in [-0.15, -0.1) is 0 Å². The molecular weight excluding hydrogens is 240 g/mol. The number of esters is 1. The van der Waals surface area contributed by atoms with Crippen molar-refractivity contribution in [3.63, 3.8) is 0 Å². The molecule has 0 N–H and O–H groups in total. The Labute approximate surface area is 112 Å². The van der Waals surface area contributed by atoms with Crippen molar-refractivity contribution in [1.82, 2.24) is 9.97 Å². The number of carbonyl (C=O) groups is 1. The molecule has 0 aliphatic carbocycles. The fraction of sp³-hybridized carbons (Fsp3) is 0.267. The van der Waals surface area contributed by atoms with E-state index in [0.29, 0.717) is 5.82 Å². The van der Waals surface area contributed by atoms with Gasteiger partial charge in [0.15, 0.2) is 0 Å². The predicted octanol–water partition coefficient (Wildman–Crippen LogP) is 2.42. The number of methoxy groups -OCH3 is 1. The van der Waals surface area contributed by atoms with Crippen LogP contribution in [0, 0.1) is 0 Å². The molecule has 1 aromatic carbocycles. The quantitative estimate of drug-likeness (QED) is 0.788. The van der Waals surface area contributed by atoms with Crippen LogP contribution in [0.2, 0.25) is 0 Å². The van der Waals surface area contributed by atoms with Gasteiger partial charge in [0.1, 0.15) is 12.2 Å². The molecule has 1 aromatic heterocycles. The van der Waals surface area contributed by atoms with Crippen molar-refractivity contribution in [2.24, 2.45) is 0 Å². The third kappa shape index (κ3) is 3.37. The normalized spacial score (nSPS) is 10.2. The lowest BCUT2D eigenvalue weighted by molar-refractivity contribution is -0.139. The Morgan fingerprint density at radius 3 is 2.58 bits per heavy atom. The standard InChI is InChI=1S/C15H16N2O2/c1-3-11-4-6-12(7-5-11)13-8-9-16-14(17-13)10-15(18)19-2/h4-9H,3,10H2,1-2H3. The van der Waals surface area contributed by atoms with E-state index in [0.717, 1.165) is 17.7 Å². The molecule has 4 nitrogen and oxygen atoms in total. The van der Waals surface area contributed by atoms with Gasteiger partial charge in [0.25, 0.3) is 0 Å². The van der Waals surface area contributed by atoms with Gasteiger partial charge < -0.3 is 4.74 Å². The van der Waals surface area contributed by atoms with Crippen molar-refractivity contribution in [3.8, 4) is 11.3 Å². The fourth-order valence-electron chi connectivity index (χ4n) is 1.76. The minimum Gasteiger partial charge on any atom is -0.469 e. The van der Waals surface area contributed by atoms with Gasteiger partial charge in [0, 0.05) is 11.8 Å². The highest BCUT2D eigenvalue weighted by molar-refractivity contribution is 5.71. The molecule has 0 amide bonds. The first-order chi connectivity index (χ1) is 9.22. The Morgan fingerprint density at radius 2 is 1.95 bits per heavy atom. The number of nitrogens with zero attached hydrogens (tertiary/aromatic N) is 2. The van der Waals surface area contributed by atoms with E-state index in [1.54, 1.807) is 6.20 Å². The summed E-state index contributed by atoms with van der Waals surface area (Å²) >= 11 is 0. The molecule has 0 bridgehead atoms. The maximum Gasteiger partial charge on any atom is 0.313 e. The summed E-state index contributed by atoms with van der Waals surface area (Å²) in [6.45, 7) is 2.12. The number of aryl methyl sites for hydroxylation is 1. The first kappa shape index (κ1) is 13.2. The Bertz CT molecular complexity index is 565. The average molecular weight is 256 g/mol. The molecule has 2 rings (SSSR count). The molecule has 19 heavy (non-hydrogen) atoms. The van der Waals surface area contributed by atoms with Gasteiger partial charge in [-0.2, -0.15) is 0 Å². The van der Waals surface area contributed by atoms with Crippen LogP contribution in [0.4, 0.5) is 0 Å². The van der Waals surface area contributed by atoms with Crippen molar-refractivity contribution in [2.75, 3.05) is 7.11 Å². The van der Waals surface area contributed by atoms with E-state index in [1.807, 2.05) is 18.2 Å². The molecule has 0 atom stereocenters. The lowest BCUT2D eigenvalue weighted by atomic mass is 10.1. The fourth-order valence-corrected chi connectivity index (χ4v) is 1.76. The molecule has 0 saturated heterocycles. The number of hydrogen-bond donors (Lipinski definition) is 0. The van der Waals surface area contributed by atoms with Gasteiger partial charge in [0.05, 0.1) is 12.8 Å². The first-order valence-electron chi connectivity index (χ1n) is 6.21. The van der Waals surface area contributed by atoms with E-state index < -0.39 is 0 Å². The van der Waals surface area contributed by atoms with Crippen LogP contribution in [0.3, 0.4) is 0 Å². The third-order valence-corrected chi connectivity index (χ3v) is 2.89. The molecule has 0 radical (unpaired) electrons. The molecular formula is C15H16N2O2. The van der Waals surface area contributed by atoms with Crippen LogP contribution in [0.25, 0.3) is 11.3 Å². The topological polar surface area (TPSA) is 52.1 Å². The van der Waals surface area contributed by atoms with Crippen LogP contribution in [0.1, 0.15) is 18.3 Å². The molecule has 2 aromatic rings. The van der Waals surface area contributed by atoms with Crippen LogP contribution in [0.15, 0.2) is 36.5 Å². The average Bonchev–Trinajstić information content (AvgIpc) is 2.47. The Balaban J connectivity index is 2.24. The minimum atomic E-state index is -0.335. The highest BCUT2D eigenvalue weighted by atomic mass is 16.5. The van der Waals surface area contributed by atoms with Gasteiger partial charge in [-0.05, 0) is 18.1 Å². The molecule has 0 aliphatic heterocycles. The van der Waals surface area contributed by atoms with Crippen molar-refractivity contribution < 1.29 is 9.53 Å². The summed E-state index contributed by atoms with van der Waals surface area (Å²) < 4.78 is 4.61. The zero-order valence-corrected chi connectivity index (χ0v) is 11.1. The number of ether oxygens (including phenoxy) is 1. The summed E-state index contributed by atoms with van der Waals surface area (Å²) in [5, 5.41) is 0. The summed E-state index contributed by atoms with van der Waals surface area (Å²) in [5.74, 6) is 0.141. The second kappa shape index (κ2) is 6.09. The summed E-state index contributed by atoms with van der Waals surface area (Å²) in [4.78, 5) is 19.7. The van der Waals surface area contributed by atoms with E-state index in [2.05, 4.69) is 33.8 Å². The number of carbonyl (C=O) groups excluding carboxylic acids is 1.